The second-order valence-electron chi connectivity index (χ2n) is 3.84. The average molecular weight is 248 g/mol. The number of ether oxygens (including phenoxy) is 1. The molecule has 88 valence electrons. The van der Waals surface area contributed by atoms with Crippen LogP contribution in [0.5, 0.6) is 0 Å². The molecule has 0 radical (unpaired) electrons. The highest BCUT2D eigenvalue weighted by Gasteiger charge is 2.29. The predicted octanol–water partition coefficient (Wildman–Crippen LogP) is 3.31. The second-order valence-corrected chi connectivity index (χ2v) is 7.30. The van der Waals surface area contributed by atoms with Crippen LogP contribution >= 0.6 is 23.5 Å². The lowest BCUT2D eigenvalue weighted by Gasteiger charge is -2.21. The van der Waals surface area contributed by atoms with Crippen LogP contribution in [0.25, 0.3) is 0 Å². The Hall–Kier alpha value is 0.170. The molecule has 1 aliphatic heterocycles. The lowest BCUT2D eigenvalue weighted by Crippen LogP contribution is -2.11. The fourth-order valence-electron chi connectivity index (χ4n) is 1.65. The van der Waals surface area contributed by atoms with Gasteiger partial charge in [-0.25, -0.2) is 0 Å². The summed E-state index contributed by atoms with van der Waals surface area (Å²) >= 11 is 4.12. The van der Waals surface area contributed by atoms with Gasteiger partial charge in [0.05, 0.1) is 10.7 Å². The molecule has 2 nitrogen and oxygen atoms in total. The molecule has 1 aliphatic rings. The van der Waals surface area contributed by atoms with Crippen molar-refractivity contribution in [1.82, 2.24) is 0 Å². The minimum absolute atomic E-state index is 0.0469. The zero-order chi connectivity index (χ0) is 11.1. The number of rotatable bonds is 6. The van der Waals surface area contributed by atoms with Gasteiger partial charge in [0.2, 0.25) is 0 Å². The van der Waals surface area contributed by atoms with Crippen LogP contribution < -0.4 is 0 Å². The number of esters is 1. The van der Waals surface area contributed by atoms with E-state index in [1.807, 2.05) is 6.92 Å². The third-order valence-corrected chi connectivity index (χ3v) is 5.88. The third-order valence-electron chi connectivity index (χ3n) is 2.47. The van der Waals surface area contributed by atoms with Gasteiger partial charge in [0, 0.05) is 17.9 Å². The standard InChI is InChI=1S/C11H20O2S2/c1-3-13-10(12)6-4-5-7-11(2)14-8-9-15-11/h3-9H2,1-2H3. The summed E-state index contributed by atoms with van der Waals surface area (Å²) in [6.07, 6.45) is 3.89. The number of unbranched alkanes of at least 4 members (excludes halogenated alkanes) is 1. The number of carbonyl (C=O) groups excluding carboxylic acids is 1. The van der Waals surface area contributed by atoms with Crippen LogP contribution in [-0.4, -0.2) is 28.2 Å². The van der Waals surface area contributed by atoms with Crippen molar-refractivity contribution >= 4 is 29.5 Å². The lowest BCUT2D eigenvalue weighted by molar-refractivity contribution is -0.143. The molecule has 0 unspecified atom stereocenters. The first-order chi connectivity index (χ1) is 7.16. The third kappa shape index (κ3) is 5.16. The van der Waals surface area contributed by atoms with Crippen LogP contribution in [0.3, 0.4) is 0 Å². The molecular formula is C11H20O2S2. The van der Waals surface area contributed by atoms with E-state index in [4.69, 9.17) is 4.74 Å². The van der Waals surface area contributed by atoms with E-state index < -0.39 is 0 Å². The van der Waals surface area contributed by atoms with Crippen molar-refractivity contribution in [2.75, 3.05) is 18.1 Å². The van der Waals surface area contributed by atoms with Gasteiger partial charge in [0.1, 0.15) is 0 Å². The van der Waals surface area contributed by atoms with Crippen LogP contribution in [0.4, 0.5) is 0 Å². The van der Waals surface area contributed by atoms with E-state index in [2.05, 4.69) is 30.4 Å². The Balaban J connectivity index is 2.03. The summed E-state index contributed by atoms with van der Waals surface area (Å²) < 4.78 is 5.30. The van der Waals surface area contributed by atoms with Crippen molar-refractivity contribution in [3.63, 3.8) is 0 Å². The minimum atomic E-state index is -0.0469. The second kappa shape index (κ2) is 6.69. The molecule has 0 atom stereocenters. The van der Waals surface area contributed by atoms with Gasteiger partial charge >= 0.3 is 5.97 Å². The maximum absolute atomic E-state index is 11.1. The van der Waals surface area contributed by atoms with Crippen LogP contribution in [0.2, 0.25) is 0 Å². The molecule has 0 aromatic heterocycles. The molecule has 1 heterocycles. The van der Waals surface area contributed by atoms with Gasteiger partial charge in [-0.05, 0) is 26.7 Å². The average Bonchev–Trinajstić information content (AvgIpc) is 2.61. The minimum Gasteiger partial charge on any atom is -0.466 e. The molecule has 4 heteroatoms. The summed E-state index contributed by atoms with van der Waals surface area (Å²) in [5, 5.41) is 0. The van der Waals surface area contributed by atoms with Crippen molar-refractivity contribution in [3.8, 4) is 0 Å². The van der Waals surface area contributed by atoms with E-state index in [-0.39, 0.29) is 5.97 Å². The summed E-state index contributed by atoms with van der Waals surface area (Å²) in [6.45, 7) is 4.67. The van der Waals surface area contributed by atoms with Crippen LogP contribution in [-0.2, 0) is 9.53 Å². The summed E-state index contributed by atoms with van der Waals surface area (Å²) in [6, 6.07) is 0. The number of hydrogen-bond donors (Lipinski definition) is 0. The Bertz CT molecular complexity index is 201. The fourth-order valence-corrected chi connectivity index (χ4v) is 4.59. The Morgan fingerprint density at radius 3 is 2.60 bits per heavy atom. The van der Waals surface area contributed by atoms with Crippen molar-refractivity contribution in [3.05, 3.63) is 0 Å². The maximum atomic E-state index is 11.1. The van der Waals surface area contributed by atoms with E-state index in [0.29, 0.717) is 17.1 Å². The fraction of sp³-hybridized carbons (Fsp3) is 0.909. The first-order valence-electron chi connectivity index (χ1n) is 5.60. The van der Waals surface area contributed by atoms with Crippen molar-refractivity contribution < 1.29 is 9.53 Å². The normalized spacial score (nSPS) is 19.1. The molecule has 0 bridgehead atoms. The van der Waals surface area contributed by atoms with E-state index >= 15 is 0 Å². The van der Waals surface area contributed by atoms with Crippen molar-refractivity contribution in [2.45, 2.75) is 43.6 Å². The van der Waals surface area contributed by atoms with Gasteiger partial charge in [0.15, 0.2) is 0 Å². The Morgan fingerprint density at radius 1 is 1.33 bits per heavy atom. The largest absolute Gasteiger partial charge is 0.466 e. The van der Waals surface area contributed by atoms with Gasteiger partial charge in [0.25, 0.3) is 0 Å². The lowest BCUT2D eigenvalue weighted by atomic mass is 10.1. The highest BCUT2D eigenvalue weighted by molar-refractivity contribution is 8.21. The Labute approximate surface area is 101 Å². The predicted molar refractivity (Wildman–Crippen MR) is 68.4 cm³/mol. The quantitative estimate of drug-likeness (QED) is 0.532. The monoisotopic (exact) mass is 248 g/mol. The molecule has 1 rings (SSSR count). The summed E-state index contributed by atoms with van der Waals surface area (Å²) in [5.41, 5.74) is 0. The van der Waals surface area contributed by atoms with Gasteiger partial charge in [-0.1, -0.05) is 6.42 Å². The molecule has 0 aromatic rings. The van der Waals surface area contributed by atoms with E-state index in [1.54, 1.807) is 0 Å². The SMILES string of the molecule is CCOC(=O)CCCCC1(C)SCCS1. The van der Waals surface area contributed by atoms with Crippen LogP contribution in [0, 0.1) is 0 Å². The van der Waals surface area contributed by atoms with Crippen molar-refractivity contribution in [2.24, 2.45) is 0 Å². The highest BCUT2D eigenvalue weighted by Crippen LogP contribution is 2.46. The number of hydrogen-bond acceptors (Lipinski definition) is 4. The van der Waals surface area contributed by atoms with E-state index in [1.165, 1.54) is 17.9 Å². The molecule has 0 aromatic carbocycles. The van der Waals surface area contributed by atoms with Crippen LogP contribution in [0.15, 0.2) is 0 Å². The van der Waals surface area contributed by atoms with E-state index in [9.17, 15) is 4.79 Å². The topological polar surface area (TPSA) is 26.3 Å². The van der Waals surface area contributed by atoms with Crippen LogP contribution in [0.1, 0.15) is 39.5 Å². The molecule has 15 heavy (non-hydrogen) atoms. The van der Waals surface area contributed by atoms with E-state index in [0.717, 1.165) is 12.8 Å². The first-order valence-corrected chi connectivity index (χ1v) is 7.57. The van der Waals surface area contributed by atoms with Gasteiger partial charge < -0.3 is 4.74 Å². The molecule has 0 N–H and O–H groups in total. The molecule has 0 amide bonds. The molecule has 0 spiro atoms. The zero-order valence-corrected chi connectivity index (χ0v) is 11.2. The Kier molecular flexibility index (Phi) is 5.90. The summed E-state index contributed by atoms with van der Waals surface area (Å²) in [5.74, 6) is 2.51. The highest BCUT2D eigenvalue weighted by atomic mass is 32.2. The van der Waals surface area contributed by atoms with Crippen molar-refractivity contribution in [1.29, 1.82) is 0 Å². The molecular weight excluding hydrogens is 228 g/mol. The Morgan fingerprint density at radius 2 is 2.00 bits per heavy atom. The summed E-state index contributed by atoms with van der Waals surface area (Å²) in [4.78, 5) is 11.1. The summed E-state index contributed by atoms with van der Waals surface area (Å²) in [7, 11) is 0. The maximum Gasteiger partial charge on any atom is 0.305 e. The molecule has 0 saturated carbocycles. The molecule has 1 fully saturated rings. The smallest absolute Gasteiger partial charge is 0.305 e. The number of carbonyl (C=O) groups is 1. The van der Waals surface area contributed by atoms with Gasteiger partial charge in [-0.2, -0.15) is 0 Å². The molecule has 1 saturated heterocycles. The first kappa shape index (κ1) is 13.2. The molecule has 0 aliphatic carbocycles. The number of thioether (sulfide) groups is 2. The zero-order valence-electron chi connectivity index (χ0n) is 9.58. The van der Waals surface area contributed by atoms with Gasteiger partial charge in [-0.15, -0.1) is 23.5 Å². The van der Waals surface area contributed by atoms with Gasteiger partial charge in [-0.3, -0.25) is 4.79 Å².